The predicted octanol–water partition coefficient (Wildman–Crippen LogP) is 0.522. The topological polar surface area (TPSA) is 69.8 Å². The number of hydrogen-bond donors (Lipinski definition) is 1. The normalized spacial score (nSPS) is 23.4. The zero-order valence-corrected chi connectivity index (χ0v) is 10.9. The van der Waals surface area contributed by atoms with Crippen molar-refractivity contribution in [2.24, 2.45) is 0 Å². The van der Waals surface area contributed by atoms with E-state index in [0.717, 1.165) is 18.9 Å². The van der Waals surface area contributed by atoms with Gasteiger partial charge in [-0.1, -0.05) is 0 Å². The Labute approximate surface area is 107 Å². The van der Waals surface area contributed by atoms with Crippen LogP contribution in [0.4, 0.5) is 11.5 Å². The number of anilines is 2. The fraction of sp³-hybridized carbons (Fsp3) is 0.583. The highest BCUT2D eigenvalue weighted by molar-refractivity contribution is 5.55. The van der Waals surface area contributed by atoms with Crippen molar-refractivity contribution >= 4 is 11.5 Å². The molecular formula is C12H19N3O3. The van der Waals surface area contributed by atoms with Gasteiger partial charge in [0.25, 0.3) is 0 Å². The molecule has 0 spiro atoms. The molecule has 0 bridgehead atoms. The van der Waals surface area contributed by atoms with Gasteiger partial charge in [-0.15, -0.1) is 0 Å². The zero-order chi connectivity index (χ0) is 13.1. The second-order valence-electron chi connectivity index (χ2n) is 4.22. The summed E-state index contributed by atoms with van der Waals surface area (Å²) >= 11 is 0. The van der Waals surface area contributed by atoms with Crippen LogP contribution in [0.5, 0.6) is 5.88 Å². The third-order valence-electron chi connectivity index (χ3n) is 3.21. The molecule has 2 N–H and O–H groups in total. The molecule has 6 nitrogen and oxygen atoms in total. The number of nitrogens with two attached hydrogens (primary N) is 1. The van der Waals surface area contributed by atoms with Crippen molar-refractivity contribution in [2.45, 2.75) is 12.2 Å². The second kappa shape index (κ2) is 5.41. The number of methoxy groups -OCH3 is 3. The molecule has 2 atom stereocenters. The molecule has 0 aliphatic carbocycles. The van der Waals surface area contributed by atoms with E-state index in [1.165, 1.54) is 0 Å². The first-order valence-corrected chi connectivity index (χ1v) is 5.80. The highest BCUT2D eigenvalue weighted by Crippen LogP contribution is 2.26. The van der Waals surface area contributed by atoms with Crippen LogP contribution in [0.15, 0.2) is 12.1 Å². The van der Waals surface area contributed by atoms with E-state index in [2.05, 4.69) is 9.88 Å². The SMILES string of the molecule is COc1nc(N2CC(OC)C(OC)C2)ccc1N. The molecule has 1 fully saturated rings. The van der Waals surface area contributed by atoms with Crippen LogP contribution in [0.2, 0.25) is 0 Å². The van der Waals surface area contributed by atoms with Gasteiger partial charge in [0.05, 0.1) is 12.8 Å². The van der Waals surface area contributed by atoms with Gasteiger partial charge in [-0.3, -0.25) is 0 Å². The average Bonchev–Trinajstić information content (AvgIpc) is 2.82. The molecule has 1 aliphatic rings. The molecule has 2 unspecified atom stereocenters. The van der Waals surface area contributed by atoms with Crippen LogP contribution in [-0.2, 0) is 9.47 Å². The largest absolute Gasteiger partial charge is 0.479 e. The fourth-order valence-corrected chi connectivity index (χ4v) is 2.16. The van der Waals surface area contributed by atoms with Gasteiger partial charge in [0, 0.05) is 27.3 Å². The fourth-order valence-electron chi connectivity index (χ4n) is 2.16. The van der Waals surface area contributed by atoms with Crippen molar-refractivity contribution in [3.05, 3.63) is 12.1 Å². The van der Waals surface area contributed by atoms with E-state index in [-0.39, 0.29) is 12.2 Å². The van der Waals surface area contributed by atoms with Crippen LogP contribution >= 0.6 is 0 Å². The first-order valence-electron chi connectivity index (χ1n) is 5.80. The maximum atomic E-state index is 5.75. The highest BCUT2D eigenvalue weighted by Gasteiger charge is 2.33. The van der Waals surface area contributed by atoms with Gasteiger partial charge in [-0.05, 0) is 12.1 Å². The average molecular weight is 253 g/mol. The molecule has 0 amide bonds. The third kappa shape index (κ3) is 2.34. The maximum absolute atomic E-state index is 5.75. The van der Waals surface area contributed by atoms with Gasteiger partial charge in [0.15, 0.2) is 0 Å². The van der Waals surface area contributed by atoms with E-state index in [1.807, 2.05) is 6.07 Å². The van der Waals surface area contributed by atoms with Gasteiger partial charge in [-0.25, -0.2) is 0 Å². The van der Waals surface area contributed by atoms with Crippen LogP contribution in [0.3, 0.4) is 0 Å². The molecule has 2 heterocycles. The molecule has 18 heavy (non-hydrogen) atoms. The molecule has 0 aromatic carbocycles. The van der Waals surface area contributed by atoms with Crippen molar-refractivity contribution in [3.8, 4) is 5.88 Å². The Morgan fingerprint density at radius 1 is 1.17 bits per heavy atom. The Kier molecular flexibility index (Phi) is 3.88. The summed E-state index contributed by atoms with van der Waals surface area (Å²) in [6.45, 7) is 1.49. The van der Waals surface area contributed by atoms with E-state index in [4.69, 9.17) is 19.9 Å². The summed E-state index contributed by atoms with van der Waals surface area (Å²) in [4.78, 5) is 6.48. The summed E-state index contributed by atoms with van der Waals surface area (Å²) in [5, 5.41) is 0. The number of ether oxygens (including phenoxy) is 3. The second-order valence-corrected chi connectivity index (χ2v) is 4.22. The van der Waals surface area contributed by atoms with Gasteiger partial charge in [0.1, 0.15) is 18.0 Å². The minimum atomic E-state index is 0.0559. The number of hydrogen-bond acceptors (Lipinski definition) is 6. The molecule has 100 valence electrons. The number of rotatable bonds is 4. The van der Waals surface area contributed by atoms with Crippen LogP contribution < -0.4 is 15.4 Å². The van der Waals surface area contributed by atoms with Crippen LogP contribution in [0.1, 0.15) is 0 Å². The molecule has 6 heteroatoms. The van der Waals surface area contributed by atoms with Gasteiger partial charge < -0.3 is 24.8 Å². The standard InChI is InChI=1S/C12H19N3O3/c1-16-9-6-15(7-10(9)17-2)11-5-4-8(13)12(14-11)18-3/h4-5,9-10H,6-7,13H2,1-3H3. The van der Waals surface area contributed by atoms with Crippen LogP contribution in [0.25, 0.3) is 0 Å². The number of aromatic nitrogens is 1. The quantitative estimate of drug-likeness (QED) is 0.843. The summed E-state index contributed by atoms with van der Waals surface area (Å²) in [6, 6.07) is 3.67. The minimum absolute atomic E-state index is 0.0559. The van der Waals surface area contributed by atoms with Crippen molar-refractivity contribution < 1.29 is 14.2 Å². The first-order chi connectivity index (χ1) is 8.69. The molecule has 0 saturated carbocycles. The van der Waals surface area contributed by atoms with Crippen molar-refractivity contribution in [3.63, 3.8) is 0 Å². The molecular weight excluding hydrogens is 234 g/mol. The Hall–Kier alpha value is -1.53. The summed E-state index contributed by atoms with van der Waals surface area (Å²) in [7, 11) is 4.94. The summed E-state index contributed by atoms with van der Waals surface area (Å²) in [5.41, 5.74) is 6.28. The van der Waals surface area contributed by atoms with Crippen LogP contribution in [0, 0.1) is 0 Å². The lowest BCUT2D eigenvalue weighted by molar-refractivity contribution is -0.00461. The summed E-state index contributed by atoms with van der Waals surface area (Å²) in [6.07, 6.45) is 0.112. The molecule has 2 rings (SSSR count). The van der Waals surface area contributed by atoms with Crippen molar-refractivity contribution in [1.29, 1.82) is 0 Å². The predicted molar refractivity (Wildman–Crippen MR) is 69.0 cm³/mol. The van der Waals surface area contributed by atoms with Crippen LogP contribution in [-0.4, -0.2) is 51.6 Å². The molecule has 1 aliphatic heterocycles. The number of pyridine rings is 1. The Balaban J connectivity index is 2.18. The van der Waals surface area contributed by atoms with E-state index in [1.54, 1.807) is 27.4 Å². The van der Waals surface area contributed by atoms with Gasteiger partial charge in [-0.2, -0.15) is 4.98 Å². The molecule has 0 radical (unpaired) electrons. The van der Waals surface area contributed by atoms with Crippen molar-refractivity contribution in [1.82, 2.24) is 4.98 Å². The summed E-state index contributed by atoms with van der Waals surface area (Å²) < 4.78 is 15.9. The molecule has 1 saturated heterocycles. The number of nitrogen functional groups attached to an aromatic ring is 1. The highest BCUT2D eigenvalue weighted by atomic mass is 16.5. The molecule has 1 aromatic rings. The monoisotopic (exact) mass is 253 g/mol. The zero-order valence-electron chi connectivity index (χ0n) is 10.9. The lowest BCUT2D eigenvalue weighted by atomic mass is 10.3. The summed E-state index contributed by atoms with van der Waals surface area (Å²) in [5.74, 6) is 1.27. The van der Waals surface area contributed by atoms with E-state index in [0.29, 0.717) is 11.6 Å². The Morgan fingerprint density at radius 3 is 2.28 bits per heavy atom. The Bertz CT molecular complexity index is 402. The smallest absolute Gasteiger partial charge is 0.238 e. The first kappa shape index (κ1) is 12.9. The van der Waals surface area contributed by atoms with E-state index in [9.17, 15) is 0 Å². The minimum Gasteiger partial charge on any atom is -0.479 e. The van der Waals surface area contributed by atoms with E-state index < -0.39 is 0 Å². The number of nitrogens with zero attached hydrogens (tertiary/aromatic N) is 2. The lowest BCUT2D eigenvalue weighted by Crippen LogP contribution is -2.27. The molecule has 1 aromatic heterocycles. The van der Waals surface area contributed by atoms with E-state index >= 15 is 0 Å². The Morgan fingerprint density at radius 2 is 1.78 bits per heavy atom. The van der Waals surface area contributed by atoms with Crippen molar-refractivity contribution in [2.75, 3.05) is 45.1 Å². The maximum Gasteiger partial charge on any atom is 0.238 e. The lowest BCUT2D eigenvalue weighted by Gasteiger charge is -2.17. The van der Waals surface area contributed by atoms with Gasteiger partial charge in [0.2, 0.25) is 5.88 Å². The third-order valence-corrected chi connectivity index (χ3v) is 3.21. The van der Waals surface area contributed by atoms with Gasteiger partial charge >= 0.3 is 0 Å².